The maximum atomic E-state index is 12.5. The number of amides is 1. The van der Waals surface area contributed by atoms with Crippen LogP contribution in [0.5, 0.6) is 11.5 Å². The zero-order valence-corrected chi connectivity index (χ0v) is 15.4. The highest BCUT2D eigenvalue weighted by molar-refractivity contribution is 5.81. The Morgan fingerprint density at radius 1 is 1.14 bits per heavy atom. The Labute approximate surface area is 161 Å². The van der Waals surface area contributed by atoms with E-state index in [1.54, 1.807) is 31.2 Å². The van der Waals surface area contributed by atoms with Gasteiger partial charge in [-0.1, -0.05) is 24.3 Å². The molecule has 28 heavy (non-hydrogen) atoms. The van der Waals surface area contributed by atoms with Gasteiger partial charge in [-0.2, -0.15) is 8.78 Å². The summed E-state index contributed by atoms with van der Waals surface area (Å²) in [6.45, 7) is -1.30. The van der Waals surface area contributed by atoms with Crippen molar-refractivity contribution in [3.63, 3.8) is 0 Å². The van der Waals surface area contributed by atoms with Gasteiger partial charge >= 0.3 is 12.6 Å². The van der Waals surface area contributed by atoms with Crippen molar-refractivity contribution in [1.29, 1.82) is 0 Å². The van der Waals surface area contributed by atoms with E-state index in [9.17, 15) is 23.5 Å². The first-order chi connectivity index (χ1) is 13.2. The monoisotopic (exact) mass is 393 g/mol. The standard InChI is InChI=1S/C20H21F2NO5/c1-20(12-18(25)26,14-4-3-5-16(11-14)27-2)23-17(24)10-13-6-8-15(9-7-13)28-19(21)22/h3-9,11,19H,10,12H2,1-2H3,(H,23,24)(H,25,26). The lowest BCUT2D eigenvalue weighted by molar-refractivity contribution is -0.139. The quantitative estimate of drug-likeness (QED) is 0.683. The van der Waals surface area contributed by atoms with Crippen LogP contribution in [0.2, 0.25) is 0 Å². The molecule has 0 spiro atoms. The zero-order chi connectivity index (χ0) is 20.7. The molecule has 0 aliphatic carbocycles. The van der Waals surface area contributed by atoms with E-state index in [1.807, 2.05) is 0 Å². The van der Waals surface area contributed by atoms with Gasteiger partial charge in [0.2, 0.25) is 5.91 Å². The molecule has 2 rings (SSSR count). The maximum Gasteiger partial charge on any atom is 0.387 e. The largest absolute Gasteiger partial charge is 0.497 e. The van der Waals surface area contributed by atoms with Gasteiger partial charge in [-0.3, -0.25) is 9.59 Å². The van der Waals surface area contributed by atoms with Crippen LogP contribution in [0.15, 0.2) is 48.5 Å². The lowest BCUT2D eigenvalue weighted by atomic mass is 9.88. The van der Waals surface area contributed by atoms with E-state index < -0.39 is 24.0 Å². The van der Waals surface area contributed by atoms with Crippen molar-refractivity contribution in [2.75, 3.05) is 7.11 Å². The van der Waals surface area contributed by atoms with Crippen LogP contribution in [0.4, 0.5) is 8.78 Å². The number of aliphatic carboxylic acids is 1. The van der Waals surface area contributed by atoms with Crippen LogP contribution in [-0.4, -0.2) is 30.7 Å². The van der Waals surface area contributed by atoms with Gasteiger partial charge in [-0.15, -0.1) is 0 Å². The molecule has 1 atom stereocenters. The molecule has 0 fully saturated rings. The Hall–Kier alpha value is -3.16. The van der Waals surface area contributed by atoms with Crippen molar-refractivity contribution in [3.8, 4) is 11.5 Å². The molecule has 8 heteroatoms. The van der Waals surface area contributed by atoms with Gasteiger partial charge in [-0.05, 0) is 42.3 Å². The summed E-state index contributed by atoms with van der Waals surface area (Å²) in [5.74, 6) is -0.947. The van der Waals surface area contributed by atoms with E-state index in [0.717, 1.165) is 0 Å². The Bertz CT molecular complexity index is 826. The smallest absolute Gasteiger partial charge is 0.387 e. The molecule has 0 heterocycles. The first-order valence-electron chi connectivity index (χ1n) is 8.43. The molecule has 1 unspecified atom stereocenters. The van der Waals surface area contributed by atoms with Gasteiger partial charge in [-0.25, -0.2) is 0 Å². The average molecular weight is 393 g/mol. The van der Waals surface area contributed by atoms with Crippen LogP contribution < -0.4 is 14.8 Å². The number of carbonyl (C=O) groups is 2. The van der Waals surface area contributed by atoms with Crippen LogP contribution >= 0.6 is 0 Å². The summed E-state index contributed by atoms with van der Waals surface area (Å²) in [7, 11) is 1.49. The lowest BCUT2D eigenvalue weighted by Gasteiger charge is -2.30. The second-order valence-electron chi connectivity index (χ2n) is 6.38. The van der Waals surface area contributed by atoms with Crippen LogP contribution in [-0.2, 0) is 21.5 Å². The second kappa shape index (κ2) is 9.16. The molecule has 0 bridgehead atoms. The number of rotatable bonds is 9. The first-order valence-corrected chi connectivity index (χ1v) is 8.43. The normalized spacial score (nSPS) is 12.9. The molecule has 2 aromatic rings. The minimum Gasteiger partial charge on any atom is -0.497 e. The molecule has 0 aliphatic heterocycles. The van der Waals surface area contributed by atoms with E-state index in [-0.39, 0.29) is 18.6 Å². The molecular weight excluding hydrogens is 372 g/mol. The van der Waals surface area contributed by atoms with Gasteiger partial charge in [0.15, 0.2) is 0 Å². The summed E-state index contributed by atoms with van der Waals surface area (Å²) in [4.78, 5) is 23.9. The number of carboxylic acids is 1. The molecule has 6 nitrogen and oxygen atoms in total. The number of benzene rings is 2. The number of methoxy groups -OCH3 is 1. The van der Waals surface area contributed by atoms with E-state index in [2.05, 4.69) is 10.1 Å². The summed E-state index contributed by atoms with van der Waals surface area (Å²) in [6.07, 6.45) is -0.374. The van der Waals surface area contributed by atoms with Gasteiger partial charge in [0.1, 0.15) is 11.5 Å². The van der Waals surface area contributed by atoms with Crippen LogP contribution in [0, 0.1) is 0 Å². The lowest BCUT2D eigenvalue weighted by Crippen LogP contribution is -2.45. The van der Waals surface area contributed by atoms with Gasteiger partial charge < -0.3 is 19.9 Å². The molecular formula is C20H21F2NO5. The van der Waals surface area contributed by atoms with Crippen molar-refractivity contribution in [3.05, 3.63) is 59.7 Å². The number of carboxylic acid groups (broad SMARTS) is 1. The summed E-state index contributed by atoms with van der Waals surface area (Å²) in [5.41, 5.74) is 0.00151. The molecule has 0 radical (unpaired) electrons. The predicted octanol–water partition coefficient (Wildman–Crippen LogP) is 3.35. The molecule has 0 saturated heterocycles. The highest BCUT2D eigenvalue weighted by atomic mass is 19.3. The zero-order valence-electron chi connectivity index (χ0n) is 15.4. The Morgan fingerprint density at radius 2 is 1.82 bits per heavy atom. The van der Waals surface area contributed by atoms with Crippen LogP contribution in [0.3, 0.4) is 0 Å². The third-order valence-electron chi connectivity index (χ3n) is 4.14. The molecule has 0 saturated carbocycles. The summed E-state index contributed by atoms with van der Waals surface area (Å²) < 4.78 is 33.8. The van der Waals surface area contributed by atoms with Gasteiger partial charge in [0, 0.05) is 0 Å². The molecule has 1 amide bonds. The molecule has 2 aromatic carbocycles. The van der Waals surface area contributed by atoms with Gasteiger partial charge in [0.05, 0.1) is 25.5 Å². The van der Waals surface area contributed by atoms with E-state index >= 15 is 0 Å². The molecule has 0 aromatic heterocycles. The van der Waals surface area contributed by atoms with E-state index in [4.69, 9.17) is 4.74 Å². The van der Waals surface area contributed by atoms with Crippen molar-refractivity contribution in [1.82, 2.24) is 5.32 Å². The third-order valence-corrected chi connectivity index (χ3v) is 4.14. The Kier molecular flexibility index (Phi) is 6.92. The minimum atomic E-state index is -2.92. The number of ether oxygens (including phenoxy) is 2. The molecule has 150 valence electrons. The summed E-state index contributed by atoms with van der Waals surface area (Å²) >= 11 is 0. The van der Waals surface area contributed by atoms with Crippen molar-refractivity contribution in [2.45, 2.75) is 31.9 Å². The number of hydrogen-bond acceptors (Lipinski definition) is 4. The first kappa shape index (κ1) is 21.1. The highest BCUT2D eigenvalue weighted by Gasteiger charge is 2.31. The number of hydrogen-bond donors (Lipinski definition) is 2. The summed E-state index contributed by atoms with van der Waals surface area (Å²) in [5, 5.41) is 12.0. The Balaban J connectivity index is 2.15. The van der Waals surface area contributed by atoms with Crippen LogP contribution in [0.25, 0.3) is 0 Å². The highest BCUT2D eigenvalue weighted by Crippen LogP contribution is 2.28. The Morgan fingerprint density at radius 3 is 2.39 bits per heavy atom. The van der Waals surface area contributed by atoms with Crippen LogP contribution in [0.1, 0.15) is 24.5 Å². The fraction of sp³-hybridized carbons (Fsp3) is 0.300. The number of halogens is 2. The third kappa shape index (κ3) is 5.94. The van der Waals surface area contributed by atoms with E-state index in [1.165, 1.54) is 31.4 Å². The minimum absolute atomic E-state index is 0.00810. The van der Waals surface area contributed by atoms with Crippen molar-refractivity contribution in [2.24, 2.45) is 0 Å². The average Bonchev–Trinajstić information content (AvgIpc) is 2.62. The van der Waals surface area contributed by atoms with Crippen molar-refractivity contribution >= 4 is 11.9 Å². The van der Waals surface area contributed by atoms with E-state index in [0.29, 0.717) is 16.9 Å². The topological polar surface area (TPSA) is 84.9 Å². The number of nitrogens with one attached hydrogen (secondary N) is 1. The fourth-order valence-corrected chi connectivity index (χ4v) is 2.81. The van der Waals surface area contributed by atoms with Crippen molar-refractivity contribution < 1.29 is 33.0 Å². The summed E-state index contributed by atoms with van der Waals surface area (Å²) in [6, 6.07) is 12.5. The fourth-order valence-electron chi connectivity index (χ4n) is 2.81. The number of alkyl halides is 2. The van der Waals surface area contributed by atoms with Gasteiger partial charge in [0.25, 0.3) is 0 Å². The SMILES string of the molecule is COc1cccc(C(C)(CC(=O)O)NC(=O)Cc2ccc(OC(F)F)cc2)c1. The number of carbonyl (C=O) groups excluding carboxylic acids is 1. The molecule has 2 N–H and O–H groups in total. The second-order valence-corrected chi connectivity index (χ2v) is 6.38. The molecule has 0 aliphatic rings. The predicted molar refractivity (Wildman–Crippen MR) is 97.5 cm³/mol. The maximum absolute atomic E-state index is 12.5.